The average Bonchev–Trinajstić information content (AvgIpc) is 2.94. The van der Waals surface area contributed by atoms with Crippen LogP contribution >= 0.6 is 11.8 Å². The highest BCUT2D eigenvalue weighted by Crippen LogP contribution is 2.26. The van der Waals surface area contributed by atoms with E-state index in [4.69, 9.17) is 4.42 Å². The number of aryl methyl sites for hydroxylation is 1. The third kappa shape index (κ3) is 3.21. The van der Waals surface area contributed by atoms with E-state index < -0.39 is 0 Å². The summed E-state index contributed by atoms with van der Waals surface area (Å²) in [5.41, 5.74) is 2.48. The van der Waals surface area contributed by atoms with Crippen LogP contribution in [0.2, 0.25) is 0 Å². The van der Waals surface area contributed by atoms with Gasteiger partial charge in [0.25, 0.3) is 0 Å². The minimum absolute atomic E-state index is 0.0188. The summed E-state index contributed by atoms with van der Waals surface area (Å²) in [6.07, 6.45) is 5.70. The third-order valence-electron chi connectivity index (χ3n) is 3.61. The largest absolute Gasteiger partial charge is 0.448 e. The summed E-state index contributed by atoms with van der Waals surface area (Å²) in [6, 6.07) is 0. The minimum atomic E-state index is -0.0188. The predicted octanol–water partition coefficient (Wildman–Crippen LogP) is 3.57. The molecular weight excluding hydrogens is 298 g/mol. The van der Waals surface area contributed by atoms with Crippen LogP contribution in [-0.4, -0.2) is 20.7 Å². The number of hydrogen-bond donors (Lipinski definition) is 0. The van der Waals surface area contributed by atoms with Crippen molar-refractivity contribution in [3.8, 4) is 0 Å². The van der Waals surface area contributed by atoms with Crippen molar-refractivity contribution < 1.29 is 9.21 Å². The van der Waals surface area contributed by atoms with Gasteiger partial charge >= 0.3 is 0 Å². The van der Waals surface area contributed by atoms with Crippen molar-refractivity contribution in [2.45, 2.75) is 56.4 Å². The molecule has 2 heterocycles. The van der Waals surface area contributed by atoms with E-state index in [0.29, 0.717) is 28.8 Å². The first-order valence-corrected chi connectivity index (χ1v) is 8.39. The number of aromatic nitrogens is 3. The van der Waals surface area contributed by atoms with Crippen LogP contribution in [0.1, 0.15) is 61.2 Å². The van der Waals surface area contributed by atoms with Gasteiger partial charge in [-0.05, 0) is 12.8 Å². The number of fused-ring (bicyclic) bond motifs is 1. The van der Waals surface area contributed by atoms with Gasteiger partial charge in [-0.25, -0.2) is 15.0 Å². The van der Waals surface area contributed by atoms with Gasteiger partial charge in [0.15, 0.2) is 10.9 Å². The Morgan fingerprint density at radius 3 is 2.82 bits per heavy atom. The molecule has 0 fully saturated rings. The molecule has 0 bridgehead atoms. The number of oxazole rings is 1. The van der Waals surface area contributed by atoms with Crippen molar-refractivity contribution in [3.05, 3.63) is 35.3 Å². The molecule has 6 heteroatoms. The highest BCUT2D eigenvalue weighted by atomic mass is 32.2. The lowest BCUT2D eigenvalue weighted by Crippen LogP contribution is -2.13. The normalized spacial score (nSPS) is 15.0. The van der Waals surface area contributed by atoms with Crippen LogP contribution in [0.4, 0.5) is 0 Å². The molecule has 0 aliphatic heterocycles. The Kier molecular flexibility index (Phi) is 4.04. The van der Waals surface area contributed by atoms with Crippen molar-refractivity contribution >= 4 is 17.5 Å². The molecule has 5 nitrogen and oxygen atoms in total. The number of thioether (sulfide) groups is 1. The summed E-state index contributed by atoms with van der Waals surface area (Å²) >= 11 is 1.48. The van der Waals surface area contributed by atoms with Crippen molar-refractivity contribution in [1.29, 1.82) is 0 Å². The monoisotopic (exact) mass is 317 g/mol. The van der Waals surface area contributed by atoms with Crippen LogP contribution in [0.15, 0.2) is 22.0 Å². The van der Waals surface area contributed by atoms with E-state index in [1.54, 1.807) is 12.5 Å². The topological polar surface area (TPSA) is 68.9 Å². The van der Waals surface area contributed by atoms with E-state index in [1.807, 2.05) is 0 Å². The van der Waals surface area contributed by atoms with Gasteiger partial charge in [0.05, 0.1) is 22.7 Å². The molecule has 0 amide bonds. The van der Waals surface area contributed by atoms with E-state index in [1.165, 1.54) is 11.8 Å². The fourth-order valence-electron chi connectivity index (χ4n) is 2.29. The number of nitrogens with zero attached hydrogens (tertiary/aromatic N) is 3. The molecule has 1 aliphatic carbocycles. The van der Waals surface area contributed by atoms with Gasteiger partial charge in [-0.3, -0.25) is 4.79 Å². The highest BCUT2D eigenvalue weighted by molar-refractivity contribution is 7.98. The van der Waals surface area contributed by atoms with Crippen LogP contribution in [0.5, 0.6) is 0 Å². The zero-order valence-electron chi connectivity index (χ0n) is 13.0. The van der Waals surface area contributed by atoms with Crippen molar-refractivity contribution in [1.82, 2.24) is 15.0 Å². The van der Waals surface area contributed by atoms with Crippen LogP contribution in [0, 0.1) is 0 Å². The molecule has 0 saturated carbocycles. The molecule has 2 aromatic heterocycles. The van der Waals surface area contributed by atoms with Gasteiger partial charge < -0.3 is 4.42 Å². The summed E-state index contributed by atoms with van der Waals surface area (Å²) in [7, 11) is 0. The molecular formula is C16H19N3O2S. The zero-order valence-corrected chi connectivity index (χ0v) is 13.9. The molecule has 1 aliphatic rings. The molecule has 0 atom stereocenters. The lowest BCUT2D eigenvalue weighted by Gasteiger charge is -2.13. The van der Waals surface area contributed by atoms with E-state index in [2.05, 4.69) is 35.7 Å². The second kappa shape index (κ2) is 5.83. The molecule has 0 saturated heterocycles. The van der Waals surface area contributed by atoms with Crippen LogP contribution in [0.3, 0.4) is 0 Å². The first-order chi connectivity index (χ1) is 10.4. The second-order valence-electron chi connectivity index (χ2n) is 6.45. The summed E-state index contributed by atoms with van der Waals surface area (Å²) in [4.78, 5) is 25.0. The second-order valence-corrected chi connectivity index (χ2v) is 7.40. The molecule has 0 N–H and O–H groups in total. The van der Waals surface area contributed by atoms with E-state index in [0.717, 1.165) is 24.2 Å². The van der Waals surface area contributed by atoms with Crippen LogP contribution in [0.25, 0.3) is 0 Å². The van der Waals surface area contributed by atoms with Crippen molar-refractivity contribution in [3.63, 3.8) is 0 Å². The molecule has 0 aromatic carbocycles. The van der Waals surface area contributed by atoms with Crippen LogP contribution < -0.4 is 0 Å². The molecule has 0 unspecified atom stereocenters. The Morgan fingerprint density at radius 1 is 1.27 bits per heavy atom. The maximum absolute atomic E-state index is 11.8. The maximum Gasteiger partial charge on any atom is 0.204 e. The molecule has 0 spiro atoms. The van der Waals surface area contributed by atoms with Gasteiger partial charge in [-0.1, -0.05) is 32.5 Å². The number of hydrogen-bond acceptors (Lipinski definition) is 6. The quantitative estimate of drug-likeness (QED) is 0.636. The average molecular weight is 317 g/mol. The third-order valence-corrected chi connectivity index (χ3v) is 4.45. The maximum atomic E-state index is 11.8. The number of carbonyl (C=O) groups excluding carboxylic acids is 1. The Hall–Kier alpha value is -1.69. The number of Topliss-reactive ketones (excluding diaryl/α,β-unsaturated/α-hetero) is 1. The smallest absolute Gasteiger partial charge is 0.204 e. The lowest BCUT2D eigenvalue weighted by atomic mass is 9.93. The zero-order chi connectivity index (χ0) is 15.7. The van der Waals surface area contributed by atoms with Crippen molar-refractivity contribution in [2.24, 2.45) is 0 Å². The molecule has 116 valence electrons. The fraction of sp³-hybridized carbons (Fsp3) is 0.500. The molecule has 22 heavy (non-hydrogen) atoms. The summed E-state index contributed by atoms with van der Waals surface area (Å²) < 4.78 is 5.50. The van der Waals surface area contributed by atoms with Gasteiger partial charge in [-0.2, -0.15) is 0 Å². The first-order valence-electron chi connectivity index (χ1n) is 7.40. The first kappa shape index (κ1) is 15.2. The van der Waals surface area contributed by atoms with Gasteiger partial charge in [0.2, 0.25) is 5.89 Å². The number of rotatable bonds is 3. The van der Waals surface area contributed by atoms with E-state index in [-0.39, 0.29) is 11.2 Å². The van der Waals surface area contributed by atoms with Crippen molar-refractivity contribution in [2.75, 3.05) is 0 Å². The Morgan fingerprint density at radius 2 is 2.09 bits per heavy atom. The summed E-state index contributed by atoms with van der Waals surface area (Å²) in [6.45, 7) is 6.31. The molecule has 2 aromatic rings. The lowest BCUT2D eigenvalue weighted by molar-refractivity contribution is 0.0970. The predicted molar refractivity (Wildman–Crippen MR) is 84.1 cm³/mol. The highest BCUT2D eigenvalue weighted by Gasteiger charge is 2.21. The standard InChI is InChI=1S/C16H19N3O2S/c1-16(2,3)13-8-21-14(19-13)9-22-15-17-7-10-11(18-15)5-4-6-12(10)20/h7-8H,4-6,9H2,1-3H3. The number of ketones is 1. The number of carbonyl (C=O) groups is 1. The fourth-order valence-corrected chi connectivity index (χ4v) is 2.98. The molecule has 0 radical (unpaired) electrons. The van der Waals surface area contributed by atoms with Gasteiger partial charge in [0.1, 0.15) is 6.26 Å². The summed E-state index contributed by atoms with van der Waals surface area (Å²) in [5, 5.41) is 0.670. The Bertz CT molecular complexity index is 704. The Labute approximate surface area is 134 Å². The van der Waals surface area contributed by atoms with Gasteiger partial charge in [0, 0.05) is 18.0 Å². The molecule has 3 rings (SSSR count). The minimum Gasteiger partial charge on any atom is -0.448 e. The van der Waals surface area contributed by atoms with Crippen LogP contribution in [-0.2, 0) is 17.6 Å². The summed E-state index contributed by atoms with van der Waals surface area (Å²) in [5.74, 6) is 1.41. The van der Waals surface area contributed by atoms with E-state index >= 15 is 0 Å². The Balaban J connectivity index is 1.69. The SMILES string of the molecule is CC(C)(C)c1coc(CSc2ncc3c(n2)CCCC3=O)n1. The van der Waals surface area contributed by atoms with E-state index in [9.17, 15) is 4.79 Å². The van der Waals surface area contributed by atoms with Gasteiger partial charge in [-0.15, -0.1) is 0 Å².